The van der Waals surface area contributed by atoms with Crippen molar-refractivity contribution in [3.8, 4) is 0 Å². The van der Waals surface area contributed by atoms with Gasteiger partial charge in [0.05, 0.1) is 17.3 Å². The van der Waals surface area contributed by atoms with Crippen LogP contribution in [0.4, 0.5) is 5.69 Å². The molecule has 0 aliphatic rings. The molecule has 0 aliphatic heterocycles. The third kappa shape index (κ3) is 4.19. The summed E-state index contributed by atoms with van der Waals surface area (Å²) in [5.74, 6) is -0.837. The number of ether oxygens (including phenoxy) is 2. The Bertz CT molecular complexity index is 498. The van der Waals surface area contributed by atoms with Crippen LogP contribution in [0.15, 0.2) is 18.2 Å². The Kier molecular flexibility index (Phi) is 6.65. The zero-order valence-electron chi connectivity index (χ0n) is 12.7. The van der Waals surface area contributed by atoms with Gasteiger partial charge in [0.2, 0.25) is 0 Å². The third-order valence-electron chi connectivity index (χ3n) is 2.98. The summed E-state index contributed by atoms with van der Waals surface area (Å²) >= 11 is 6.21. The normalized spacial score (nSPS) is 11.9. The van der Waals surface area contributed by atoms with Crippen molar-refractivity contribution in [2.45, 2.75) is 26.8 Å². The minimum absolute atomic E-state index is 0.144. The molecule has 0 aliphatic carbocycles. The molecule has 1 aromatic rings. The van der Waals surface area contributed by atoms with Gasteiger partial charge in [-0.1, -0.05) is 23.7 Å². The summed E-state index contributed by atoms with van der Waals surface area (Å²) in [5, 5.41) is 0.399. The molecule has 21 heavy (non-hydrogen) atoms. The summed E-state index contributed by atoms with van der Waals surface area (Å²) in [7, 11) is 1.42. The molecule has 1 aromatic carbocycles. The van der Waals surface area contributed by atoms with Crippen molar-refractivity contribution in [1.82, 2.24) is 0 Å². The molecule has 0 N–H and O–H groups in total. The van der Waals surface area contributed by atoms with E-state index in [1.807, 2.05) is 13.0 Å². The first-order valence-electron chi connectivity index (χ1n) is 6.66. The number of hydrogen-bond acceptors (Lipinski definition) is 4. The smallest absolute Gasteiger partial charge is 0.328 e. The molecule has 0 heterocycles. The molecule has 0 radical (unpaired) electrons. The highest BCUT2D eigenvalue weighted by Gasteiger charge is 2.30. The summed E-state index contributed by atoms with van der Waals surface area (Å²) in [5.41, 5.74) is 1.30. The molecule has 6 heteroatoms. The first-order valence-corrected chi connectivity index (χ1v) is 7.04. The van der Waals surface area contributed by atoms with Gasteiger partial charge in [-0.05, 0) is 32.4 Å². The Balaban J connectivity index is 3.25. The molecule has 116 valence electrons. The van der Waals surface area contributed by atoms with Gasteiger partial charge in [0, 0.05) is 7.11 Å². The van der Waals surface area contributed by atoms with Gasteiger partial charge >= 0.3 is 5.97 Å². The lowest BCUT2D eigenvalue weighted by molar-refractivity contribution is -0.145. The number of carbonyl (C=O) groups excluding carboxylic acids is 2. The zero-order valence-corrected chi connectivity index (χ0v) is 13.4. The van der Waals surface area contributed by atoms with Crippen LogP contribution in [-0.2, 0) is 19.1 Å². The first-order chi connectivity index (χ1) is 9.93. The third-order valence-corrected chi connectivity index (χ3v) is 3.29. The van der Waals surface area contributed by atoms with Gasteiger partial charge in [0.15, 0.2) is 0 Å². The van der Waals surface area contributed by atoms with Crippen LogP contribution in [0.2, 0.25) is 5.02 Å². The van der Waals surface area contributed by atoms with Crippen LogP contribution in [0.5, 0.6) is 0 Å². The monoisotopic (exact) mass is 313 g/mol. The molecule has 0 saturated heterocycles. The molecule has 1 amide bonds. The van der Waals surface area contributed by atoms with E-state index >= 15 is 0 Å². The minimum atomic E-state index is -0.786. The molecule has 0 fully saturated rings. The van der Waals surface area contributed by atoms with E-state index in [4.69, 9.17) is 21.1 Å². The highest BCUT2D eigenvalue weighted by atomic mass is 35.5. The number of hydrogen-bond donors (Lipinski definition) is 0. The fourth-order valence-corrected chi connectivity index (χ4v) is 2.34. The number of anilines is 1. The van der Waals surface area contributed by atoms with Crippen LogP contribution >= 0.6 is 11.6 Å². The number of esters is 1. The average Bonchev–Trinajstić information content (AvgIpc) is 2.42. The van der Waals surface area contributed by atoms with Crippen molar-refractivity contribution < 1.29 is 19.1 Å². The van der Waals surface area contributed by atoms with Gasteiger partial charge < -0.3 is 9.47 Å². The highest BCUT2D eigenvalue weighted by molar-refractivity contribution is 6.34. The summed E-state index contributed by atoms with van der Waals surface area (Å²) in [6, 6.07) is 4.50. The molecular weight excluding hydrogens is 294 g/mol. The van der Waals surface area contributed by atoms with Crippen molar-refractivity contribution in [3.05, 3.63) is 28.8 Å². The van der Waals surface area contributed by atoms with E-state index in [0.717, 1.165) is 5.56 Å². The number of para-hydroxylation sites is 1. The Labute approximate surface area is 129 Å². The predicted octanol–water partition coefficient (Wildman–Crippen LogP) is 2.58. The number of amides is 1. The number of carbonyl (C=O) groups is 2. The van der Waals surface area contributed by atoms with Crippen molar-refractivity contribution in [2.24, 2.45) is 0 Å². The zero-order chi connectivity index (χ0) is 16.0. The number of methoxy groups -OCH3 is 1. The molecule has 1 rings (SSSR count). The topological polar surface area (TPSA) is 55.8 Å². The predicted molar refractivity (Wildman–Crippen MR) is 81.6 cm³/mol. The molecule has 1 unspecified atom stereocenters. The van der Waals surface area contributed by atoms with E-state index in [9.17, 15) is 9.59 Å². The average molecular weight is 314 g/mol. The minimum Gasteiger partial charge on any atom is -0.464 e. The van der Waals surface area contributed by atoms with E-state index in [2.05, 4.69) is 0 Å². The standard InChI is InChI=1S/C15H20ClNO4/c1-5-21-15(19)11(3)17(13(18)9-20-4)14-10(2)7-6-8-12(14)16/h6-8,11H,5,9H2,1-4H3. The largest absolute Gasteiger partial charge is 0.464 e. The number of rotatable bonds is 6. The SMILES string of the molecule is CCOC(=O)C(C)N(C(=O)COC)c1c(C)cccc1Cl. The molecular formula is C15H20ClNO4. The Hall–Kier alpha value is -1.59. The first kappa shape index (κ1) is 17.5. The van der Waals surface area contributed by atoms with Crippen molar-refractivity contribution in [2.75, 3.05) is 25.2 Å². The van der Waals surface area contributed by atoms with E-state index in [1.165, 1.54) is 12.0 Å². The number of halogens is 1. The van der Waals surface area contributed by atoms with Crippen LogP contribution in [0.25, 0.3) is 0 Å². The maximum Gasteiger partial charge on any atom is 0.328 e. The van der Waals surface area contributed by atoms with Gasteiger partial charge in [-0.25, -0.2) is 4.79 Å². The highest BCUT2D eigenvalue weighted by Crippen LogP contribution is 2.31. The Morgan fingerprint density at radius 1 is 1.38 bits per heavy atom. The van der Waals surface area contributed by atoms with Gasteiger partial charge in [0.1, 0.15) is 12.6 Å². The van der Waals surface area contributed by atoms with E-state index < -0.39 is 12.0 Å². The van der Waals surface area contributed by atoms with Gasteiger partial charge in [-0.3, -0.25) is 9.69 Å². The van der Waals surface area contributed by atoms with Gasteiger partial charge in [-0.15, -0.1) is 0 Å². The van der Waals surface area contributed by atoms with Crippen LogP contribution in [0.1, 0.15) is 19.4 Å². The van der Waals surface area contributed by atoms with Crippen LogP contribution < -0.4 is 4.90 Å². The van der Waals surface area contributed by atoms with E-state index in [-0.39, 0.29) is 19.1 Å². The maximum atomic E-state index is 12.3. The lowest BCUT2D eigenvalue weighted by atomic mass is 10.1. The van der Waals surface area contributed by atoms with Crippen molar-refractivity contribution >= 4 is 29.2 Å². The maximum absolute atomic E-state index is 12.3. The Morgan fingerprint density at radius 2 is 2.05 bits per heavy atom. The van der Waals surface area contributed by atoms with Gasteiger partial charge in [-0.2, -0.15) is 0 Å². The van der Waals surface area contributed by atoms with Gasteiger partial charge in [0.25, 0.3) is 5.91 Å². The molecule has 0 spiro atoms. The van der Waals surface area contributed by atoms with Crippen molar-refractivity contribution in [1.29, 1.82) is 0 Å². The second kappa shape index (κ2) is 8.00. The Morgan fingerprint density at radius 3 is 2.57 bits per heavy atom. The van der Waals surface area contributed by atoms with E-state index in [1.54, 1.807) is 26.0 Å². The lowest BCUT2D eigenvalue weighted by Crippen LogP contribution is -2.46. The van der Waals surface area contributed by atoms with E-state index in [0.29, 0.717) is 10.7 Å². The molecule has 0 bridgehead atoms. The fraction of sp³-hybridized carbons (Fsp3) is 0.467. The van der Waals surface area contributed by atoms with Crippen molar-refractivity contribution in [3.63, 3.8) is 0 Å². The summed E-state index contributed by atoms with van der Waals surface area (Å²) < 4.78 is 9.89. The second-order valence-electron chi connectivity index (χ2n) is 4.53. The summed E-state index contributed by atoms with van der Waals surface area (Å²) in [6.07, 6.45) is 0. The second-order valence-corrected chi connectivity index (χ2v) is 4.94. The summed E-state index contributed by atoms with van der Waals surface area (Å²) in [6.45, 7) is 5.25. The molecule has 5 nitrogen and oxygen atoms in total. The summed E-state index contributed by atoms with van der Waals surface area (Å²) in [4.78, 5) is 25.7. The van der Waals surface area contributed by atoms with Crippen LogP contribution in [0.3, 0.4) is 0 Å². The molecule has 0 saturated carbocycles. The molecule has 0 aromatic heterocycles. The number of aryl methyl sites for hydroxylation is 1. The van der Waals surface area contributed by atoms with Crippen LogP contribution in [0, 0.1) is 6.92 Å². The van der Waals surface area contributed by atoms with Crippen LogP contribution in [-0.4, -0.2) is 38.2 Å². The quantitative estimate of drug-likeness (QED) is 0.757. The molecule has 1 atom stereocenters. The fourth-order valence-electron chi connectivity index (χ4n) is 2.02. The number of benzene rings is 1. The lowest BCUT2D eigenvalue weighted by Gasteiger charge is -2.29. The number of nitrogens with zero attached hydrogens (tertiary/aromatic N) is 1.